The van der Waals surface area contributed by atoms with Gasteiger partial charge in [-0.2, -0.15) is 0 Å². The summed E-state index contributed by atoms with van der Waals surface area (Å²) in [4.78, 5) is 15.0. The summed E-state index contributed by atoms with van der Waals surface area (Å²) in [6.07, 6.45) is 3.42. The van der Waals surface area contributed by atoms with Crippen LogP contribution in [0.4, 0.5) is 10.1 Å². The lowest BCUT2D eigenvalue weighted by atomic mass is 9.91. The second-order valence-electron chi connectivity index (χ2n) is 9.26. The van der Waals surface area contributed by atoms with Gasteiger partial charge in [0.1, 0.15) is 17.2 Å². The molecule has 0 aliphatic carbocycles. The van der Waals surface area contributed by atoms with Crippen molar-refractivity contribution in [3.05, 3.63) is 76.8 Å². The summed E-state index contributed by atoms with van der Waals surface area (Å²) >= 11 is 0. The topological polar surface area (TPSA) is 61.8 Å². The van der Waals surface area contributed by atoms with Gasteiger partial charge >= 0.3 is 0 Å². The van der Waals surface area contributed by atoms with Crippen molar-refractivity contribution in [2.24, 2.45) is 0 Å². The minimum absolute atomic E-state index is 0.165. The van der Waals surface area contributed by atoms with Gasteiger partial charge in [0.25, 0.3) is 5.91 Å². The smallest absolute Gasteiger partial charge is 0.260 e. The van der Waals surface area contributed by atoms with Crippen molar-refractivity contribution in [2.75, 3.05) is 18.4 Å². The predicted octanol–water partition coefficient (Wildman–Crippen LogP) is 4.34. The van der Waals surface area contributed by atoms with Crippen LogP contribution < -0.4 is 5.32 Å². The maximum Gasteiger partial charge on any atom is 0.260 e. The predicted molar refractivity (Wildman–Crippen MR) is 122 cm³/mol. The fourth-order valence-corrected chi connectivity index (χ4v) is 4.73. The molecule has 0 spiro atoms. The number of carbonyl (C=O) groups is 1. The summed E-state index contributed by atoms with van der Waals surface area (Å²) in [5.74, 6) is -0.167. The minimum atomic E-state index is -0.601. The van der Waals surface area contributed by atoms with E-state index in [1.165, 1.54) is 17.7 Å². The molecule has 2 aromatic rings. The number of likely N-dealkylation sites (tertiary alicyclic amines) is 1. The molecule has 0 radical (unpaired) electrons. The fraction of sp³-hybridized carbons (Fsp3) is 0.346. The van der Waals surface area contributed by atoms with E-state index < -0.39 is 5.60 Å². The highest BCUT2D eigenvalue weighted by atomic mass is 19.1. The van der Waals surface area contributed by atoms with E-state index in [9.17, 15) is 14.3 Å². The number of nitrogens with one attached hydrogen (secondary N) is 1. The first kappa shape index (κ1) is 20.9. The Labute approximate surface area is 187 Å². The van der Waals surface area contributed by atoms with Crippen molar-refractivity contribution < 1.29 is 19.0 Å². The fourth-order valence-electron chi connectivity index (χ4n) is 4.73. The van der Waals surface area contributed by atoms with Gasteiger partial charge in [0.05, 0.1) is 17.4 Å². The largest absolute Gasteiger partial charge is 0.482 e. The van der Waals surface area contributed by atoms with Crippen molar-refractivity contribution in [3.8, 4) is 0 Å². The number of nitrogens with zero attached hydrogens (tertiary/aromatic N) is 1. The van der Waals surface area contributed by atoms with Gasteiger partial charge in [-0.05, 0) is 62.1 Å². The third-order valence-electron chi connectivity index (χ3n) is 6.49. The molecule has 2 aromatic carbocycles. The Morgan fingerprint density at radius 1 is 1.16 bits per heavy atom. The number of carbonyl (C=O) groups excluding carboxylic acids is 1. The Morgan fingerprint density at radius 3 is 2.59 bits per heavy atom. The van der Waals surface area contributed by atoms with Crippen LogP contribution in [0.2, 0.25) is 0 Å². The first-order valence-electron chi connectivity index (χ1n) is 11.1. The van der Waals surface area contributed by atoms with Gasteiger partial charge in [-0.25, -0.2) is 4.39 Å². The molecule has 3 aliphatic rings. The molecule has 3 heterocycles. The molecular formula is C26H27FN2O3. The number of rotatable bonds is 3. The Balaban J connectivity index is 1.42. The van der Waals surface area contributed by atoms with Crippen molar-refractivity contribution in [3.63, 3.8) is 0 Å². The maximum atomic E-state index is 13.6. The van der Waals surface area contributed by atoms with Crippen molar-refractivity contribution in [1.82, 2.24) is 4.90 Å². The van der Waals surface area contributed by atoms with Crippen LogP contribution in [-0.4, -0.2) is 40.7 Å². The zero-order valence-corrected chi connectivity index (χ0v) is 18.3. The highest BCUT2D eigenvalue weighted by Gasteiger charge is 2.38. The number of aliphatic hydroxyl groups excluding tert-OH is 1. The number of fused-ring (bicyclic) bond motifs is 1. The first-order valence-corrected chi connectivity index (χ1v) is 11.1. The van der Waals surface area contributed by atoms with E-state index in [2.05, 4.69) is 34.5 Å². The Morgan fingerprint density at radius 2 is 1.88 bits per heavy atom. The molecule has 6 heteroatoms. The number of allylic oxidation sites excluding steroid dienone is 1. The number of benzene rings is 2. The molecule has 0 saturated carbocycles. The second kappa shape index (κ2) is 7.87. The number of piperidine rings is 1. The molecule has 1 amide bonds. The van der Waals surface area contributed by atoms with E-state index in [1.807, 2.05) is 19.9 Å². The molecule has 166 valence electrons. The number of hydrogen-bond donors (Lipinski definition) is 2. The number of halogens is 1. The second-order valence-corrected chi connectivity index (χ2v) is 9.26. The van der Waals surface area contributed by atoms with E-state index in [0.29, 0.717) is 22.6 Å². The monoisotopic (exact) mass is 434 g/mol. The van der Waals surface area contributed by atoms with Crippen LogP contribution >= 0.6 is 0 Å². The summed E-state index contributed by atoms with van der Waals surface area (Å²) in [5, 5.41) is 12.4. The van der Waals surface area contributed by atoms with Crippen molar-refractivity contribution >= 4 is 22.7 Å². The van der Waals surface area contributed by atoms with E-state index in [4.69, 9.17) is 4.74 Å². The lowest BCUT2D eigenvalue weighted by molar-refractivity contribution is -0.111. The van der Waals surface area contributed by atoms with E-state index in [1.54, 1.807) is 6.07 Å². The Kier molecular flexibility index (Phi) is 5.14. The molecule has 1 saturated heterocycles. The highest BCUT2D eigenvalue weighted by molar-refractivity contribution is 6.32. The van der Waals surface area contributed by atoms with Crippen LogP contribution in [-0.2, 0) is 16.1 Å². The number of ether oxygens (including phenoxy) is 1. The molecule has 1 fully saturated rings. The van der Waals surface area contributed by atoms with Gasteiger partial charge < -0.3 is 15.2 Å². The molecule has 5 rings (SSSR count). The number of anilines is 1. The Hall–Kier alpha value is -2.96. The van der Waals surface area contributed by atoms with Crippen LogP contribution in [0.15, 0.2) is 54.3 Å². The van der Waals surface area contributed by atoms with Crippen LogP contribution in [0.1, 0.15) is 43.4 Å². The molecule has 2 N–H and O–H groups in total. The molecule has 0 bridgehead atoms. The van der Waals surface area contributed by atoms with Gasteiger partial charge in [0, 0.05) is 30.8 Å². The minimum Gasteiger partial charge on any atom is -0.482 e. The third kappa shape index (κ3) is 3.85. The number of hydrogen-bond acceptors (Lipinski definition) is 4. The molecular weight excluding hydrogens is 407 g/mol. The third-order valence-corrected chi connectivity index (χ3v) is 6.49. The summed E-state index contributed by atoms with van der Waals surface area (Å²) in [7, 11) is 0. The molecule has 0 aromatic heterocycles. The molecule has 0 unspecified atom stereocenters. The van der Waals surface area contributed by atoms with Crippen LogP contribution in [0.3, 0.4) is 0 Å². The summed E-state index contributed by atoms with van der Waals surface area (Å²) < 4.78 is 19.8. The first-order chi connectivity index (χ1) is 15.3. The quantitative estimate of drug-likeness (QED) is 0.706. The lowest BCUT2D eigenvalue weighted by Crippen LogP contribution is -2.35. The standard InChI is InChI=1S/C26H27FN2O3/c1-26(2)21(17-5-3-16(4-6-17)15-29-11-9-19(30)10-12-29)14-23(32-26)24-20-8-7-18(27)13-22(20)28-25(24)31/h3-8,13-14,19,30H,9-12,15H2,1-2H3,(H,28,31)/b24-23+. The van der Waals surface area contributed by atoms with E-state index >= 15 is 0 Å². The van der Waals surface area contributed by atoms with Crippen LogP contribution in [0.25, 0.3) is 11.1 Å². The van der Waals surface area contributed by atoms with Gasteiger partial charge in [-0.1, -0.05) is 24.3 Å². The Bertz CT molecular complexity index is 1130. The van der Waals surface area contributed by atoms with Crippen molar-refractivity contribution in [2.45, 2.75) is 44.9 Å². The summed E-state index contributed by atoms with van der Waals surface area (Å²) in [6.45, 7) is 6.67. The van der Waals surface area contributed by atoms with Crippen LogP contribution in [0.5, 0.6) is 0 Å². The zero-order chi connectivity index (χ0) is 22.5. The molecule has 0 atom stereocenters. The van der Waals surface area contributed by atoms with Gasteiger partial charge in [0.15, 0.2) is 0 Å². The normalized spacial score (nSPS) is 23.0. The zero-order valence-electron chi connectivity index (χ0n) is 18.3. The molecule has 3 aliphatic heterocycles. The number of amides is 1. The average Bonchev–Trinajstić information content (AvgIpc) is 3.24. The van der Waals surface area contributed by atoms with Crippen molar-refractivity contribution in [1.29, 1.82) is 0 Å². The summed E-state index contributed by atoms with van der Waals surface area (Å²) in [5.41, 5.74) is 4.23. The van der Waals surface area contributed by atoms with Gasteiger partial charge in [-0.15, -0.1) is 0 Å². The summed E-state index contributed by atoms with van der Waals surface area (Å²) in [6, 6.07) is 12.7. The highest BCUT2D eigenvalue weighted by Crippen LogP contribution is 2.44. The van der Waals surface area contributed by atoms with E-state index in [-0.39, 0.29) is 17.8 Å². The SMILES string of the molecule is CC1(C)O/C(=C2/C(=O)Nc3cc(F)ccc32)C=C1c1ccc(CN2CCC(O)CC2)cc1. The lowest BCUT2D eigenvalue weighted by Gasteiger charge is -2.29. The number of aliphatic hydroxyl groups is 1. The average molecular weight is 435 g/mol. The van der Waals surface area contributed by atoms with E-state index in [0.717, 1.165) is 43.6 Å². The van der Waals surface area contributed by atoms with Gasteiger partial charge in [0.2, 0.25) is 0 Å². The molecule has 32 heavy (non-hydrogen) atoms. The van der Waals surface area contributed by atoms with Crippen LogP contribution in [0, 0.1) is 5.82 Å². The molecule has 5 nitrogen and oxygen atoms in total. The van der Waals surface area contributed by atoms with Gasteiger partial charge in [-0.3, -0.25) is 9.69 Å². The maximum absolute atomic E-state index is 13.6.